The Kier molecular flexibility index (Phi) is 21.2. The number of aromatic nitrogens is 3. The molecule has 0 aromatic carbocycles. The first kappa shape index (κ1) is 69.8. The molecule has 97 heavy (non-hydrogen) atoms. The number of aliphatic hydroxyl groups is 3. The van der Waals surface area contributed by atoms with Gasteiger partial charge in [-0.25, -0.2) is 29.3 Å². The molecule has 3 atom stereocenters. The molecule has 0 aliphatic carbocycles. The van der Waals surface area contributed by atoms with Gasteiger partial charge in [-0.15, -0.1) is 0 Å². The molecule has 0 bridgehead atoms. The maximum Gasteiger partial charge on any atom is 0.350 e. The predicted octanol–water partition coefficient (Wildman–Crippen LogP) is 11.8. The number of furan rings is 6. The molecule has 3 aliphatic rings. The number of carboxylic acid groups (broad SMARTS) is 1. The minimum atomic E-state index is -1.08. The van der Waals surface area contributed by atoms with Gasteiger partial charge in [0.2, 0.25) is 17.3 Å². The van der Waals surface area contributed by atoms with Crippen molar-refractivity contribution < 1.29 is 109 Å². The lowest BCUT2D eigenvalue weighted by Gasteiger charge is -2.21. The molecule has 9 aromatic rings. The van der Waals surface area contributed by atoms with E-state index in [2.05, 4.69) is 15.0 Å². The number of Topliss-reactive ketones (excluding diaryl/α,β-unsaturated/α-hetero) is 3. The van der Waals surface area contributed by atoms with Crippen LogP contribution in [0.3, 0.4) is 0 Å². The number of ketones is 3. The monoisotopic (exact) mass is 1390 g/mol. The second-order valence-electron chi connectivity index (χ2n) is 20.7. The van der Waals surface area contributed by atoms with Gasteiger partial charge in [-0.2, -0.15) is 0 Å². The number of carbonyl (C=O) groups excluding carboxylic acids is 9. The third kappa shape index (κ3) is 14.2. The van der Waals surface area contributed by atoms with Crippen LogP contribution in [0.15, 0.2) is 152 Å². The molecule has 504 valence electrons. The van der Waals surface area contributed by atoms with Crippen molar-refractivity contribution in [2.24, 2.45) is 0 Å². The number of carboxylic acids is 1. The van der Waals surface area contributed by atoms with E-state index >= 15 is 0 Å². The zero-order chi connectivity index (χ0) is 70.4. The van der Waals surface area contributed by atoms with E-state index < -0.39 is 94.4 Å². The quantitative estimate of drug-likeness (QED) is 0.0352. The first-order valence-electron chi connectivity index (χ1n) is 29.1. The van der Waals surface area contributed by atoms with Gasteiger partial charge in [-0.1, -0.05) is 34.0 Å². The highest BCUT2D eigenvalue weighted by Crippen LogP contribution is 2.47. The van der Waals surface area contributed by atoms with Gasteiger partial charge in [0.1, 0.15) is 67.3 Å². The number of nitrogens with zero attached hydrogens (tertiary/aromatic N) is 6. The Balaban J connectivity index is 0.000000166. The number of ether oxygens (including phenoxy) is 3. The van der Waals surface area contributed by atoms with Crippen molar-refractivity contribution in [2.45, 2.75) is 87.4 Å². The van der Waals surface area contributed by atoms with Crippen molar-refractivity contribution in [2.75, 3.05) is 34.5 Å². The first-order valence-corrected chi connectivity index (χ1v) is 31.5. The van der Waals surface area contributed by atoms with Crippen LogP contribution in [0.5, 0.6) is 0 Å². The van der Waals surface area contributed by atoms with Crippen LogP contribution in [0, 0.1) is 41.5 Å². The summed E-state index contributed by atoms with van der Waals surface area (Å²) in [5.41, 5.74) is 0.514. The highest BCUT2D eigenvalue weighted by Gasteiger charge is 2.51. The van der Waals surface area contributed by atoms with E-state index in [0.29, 0.717) is 34.4 Å². The summed E-state index contributed by atoms with van der Waals surface area (Å²) in [5.74, 6) is -6.98. The number of aryl methyl sites for hydroxylation is 6. The Hall–Kier alpha value is -11.5. The lowest BCUT2D eigenvalue weighted by molar-refractivity contribution is -0.134. The van der Waals surface area contributed by atoms with Crippen LogP contribution in [-0.2, 0) is 33.4 Å². The van der Waals surface area contributed by atoms with Gasteiger partial charge in [-0.05, 0) is 135 Å². The third-order valence-corrected chi connectivity index (χ3v) is 17.5. The summed E-state index contributed by atoms with van der Waals surface area (Å²) in [7, 11) is 0. The SMILES string of the molecule is CC(=O)O.CCOC(=O)c1sc(N2C(=O)C(O)=C(C(=O)c3ccc(C)o3)C2c2ccco2)nc1C.CCOC(=O)c1sc(N2C(=O)C(O)=C(C(=O)c3ccc(C)o3)C2c2ccco2)nc1C.CCOC(=O)c1sc(N2C(=O)C(O)=C(C(=O)c3ccc(C)o3)C2c2ccco2)nc1C. The van der Waals surface area contributed by atoms with Crippen molar-refractivity contribution in [3.8, 4) is 0 Å². The van der Waals surface area contributed by atoms with E-state index in [-0.39, 0.29) is 101 Å². The average Bonchev–Trinajstić information content (AvgIpc) is 1.61. The van der Waals surface area contributed by atoms with E-state index in [9.17, 15) is 58.5 Å². The molecule has 29 nitrogen and oxygen atoms in total. The number of amides is 3. The molecule has 12 heterocycles. The van der Waals surface area contributed by atoms with Crippen LogP contribution >= 0.6 is 34.0 Å². The molecular formula is C65H58N6O23S3. The topological polar surface area (TPSA) is 407 Å². The Bertz CT molecular complexity index is 4170. The lowest BCUT2D eigenvalue weighted by atomic mass is 10.00. The number of rotatable bonds is 18. The van der Waals surface area contributed by atoms with E-state index in [1.807, 2.05) is 0 Å². The number of carbonyl (C=O) groups is 10. The van der Waals surface area contributed by atoms with Crippen LogP contribution in [-0.4, -0.2) is 114 Å². The van der Waals surface area contributed by atoms with Crippen molar-refractivity contribution in [1.82, 2.24) is 15.0 Å². The summed E-state index contributed by atoms with van der Waals surface area (Å²) in [6.45, 7) is 16.6. The second-order valence-corrected chi connectivity index (χ2v) is 23.6. The van der Waals surface area contributed by atoms with Crippen molar-refractivity contribution >= 4 is 108 Å². The van der Waals surface area contributed by atoms with E-state index in [4.69, 9.17) is 50.6 Å². The summed E-state index contributed by atoms with van der Waals surface area (Å²) >= 11 is 2.79. The van der Waals surface area contributed by atoms with Gasteiger partial charge in [0.25, 0.3) is 23.7 Å². The van der Waals surface area contributed by atoms with Gasteiger partial charge >= 0.3 is 17.9 Å². The molecule has 9 aromatic heterocycles. The fourth-order valence-corrected chi connectivity index (χ4v) is 12.9. The number of thiazole rings is 3. The summed E-state index contributed by atoms with van der Waals surface area (Å²) in [6.07, 6.45) is 4.18. The molecule has 32 heteroatoms. The molecule has 0 radical (unpaired) electrons. The minimum Gasteiger partial charge on any atom is -0.503 e. The molecule has 4 N–H and O–H groups in total. The molecule has 3 unspecified atom stereocenters. The normalized spacial score (nSPS) is 15.9. The van der Waals surface area contributed by atoms with Crippen LogP contribution in [0.25, 0.3) is 0 Å². The Morgan fingerprint density at radius 2 is 0.691 bits per heavy atom. The number of aliphatic carboxylic acids is 1. The third-order valence-electron chi connectivity index (χ3n) is 14.0. The van der Waals surface area contributed by atoms with Crippen LogP contribution in [0.1, 0.15) is 158 Å². The standard InChI is InChI=1S/3C21H18N2O7S.C2H4O2/c3*1-4-28-20(27)18-11(3)22-21(31-18)23-15(12-6-5-9-29-12)14(17(25)19(23)26)16(24)13-8-7-10(2)30-13;1-2(3)4/h3*5-9,15,25H,4H2,1-3H3;1H3,(H,3,4). The molecule has 3 aliphatic heterocycles. The van der Waals surface area contributed by atoms with Gasteiger partial charge in [-0.3, -0.25) is 48.3 Å². The van der Waals surface area contributed by atoms with E-state index in [0.717, 1.165) is 55.6 Å². The van der Waals surface area contributed by atoms with E-state index in [1.165, 1.54) is 37.0 Å². The maximum atomic E-state index is 13.1. The average molecular weight is 1390 g/mol. The Morgan fingerprint density at radius 3 is 0.887 bits per heavy atom. The first-order chi connectivity index (χ1) is 46.2. The highest BCUT2D eigenvalue weighted by molar-refractivity contribution is 7.18. The van der Waals surface area contributed by atoms with Crippen molar-refractivity contribution in [1.29, 1.82) is 0 Å². The van der Waals surface area contributed by atoms with E-state index in [1.54, 1.807) is 117 Å². The Labute approximate surface area is 560 Å². The molecule has 12 rings (SSSR count). The number of hydrogen-bond acceptors (Lipinski definition) is 28. The minimum absolute atomic E-state index is 0.0206. The van der Waals surface area contributed by atoms with Gasteiger partial charge in [0.05, 0.1) is 72.4 Å². The number of esters is 3. The molecule has 0 fully saturated rings. The number of aliphatic hydroxyl groups excluding tert-OH is 3. The number of anilines is 3. The highest BCUT2D eigenvalue weighted by atomic mass is 32.1. The summed E-state index contributed by atoms with van der Waals surface area (Å²) in [4.78, 5) is 141. The molecular weight excluding hydrogens is 1330 g/mol. The molecule has 0 saturated heterocycles. The van der Waals surface area contributed by atoms with Gasteiger partial charge < -0.3 is 61.1 Å². The predicted molar refractivity (Wildman–Crippen MR) is 341 cm³/mol. The summed E-state index contributed by atoms with van der Waals surface area (Å²) in [5, 5.41) is 39.7. The summed E-state index contributed by atoms with van der Waals surface area (Å²) in [6, 6.07) is 15.5. The lowest BCUT2D eigenvalue weighted by Crippen LogP contribution is -2.30. The zero-order valence-corrected chi connectivity index (χ0v) is 55.4. The maximum absolute atomic E-state index is 13.1. The summed E-state index contributed by atoms with van der Waals surface area (Å²) < 4.78 is 47.7. The molecule has 3 amide bonds. The van der Waals surface area contributed by atoms with Crippen LogP contribution in [0.2, 0.25) is 0 Å². The van der Waals surface area contributed by atoms with Gasteiger partial charge in [0.15, 0.2) is 50.0 Å². The van der Waals surface area contributed by atoms with Crippen LogP contribution < -0.4 is 14.7 Å². The zero-order valence-electron chi connectivity index (χ0n) is 53.0. The number of hydrogen-bond donors (Lipinski definition) is 4. The largest absolute Gasteiger partial charge is 0.503 e. The fraction of sp³-hybridized carbons (Fsp3) is 0.246. The fourth-order valence-electron chi connectivity index (χ4n) is 9.93. The molecule has 0 saturated carbocycles. The second kappa shape index (κ2) is 29.4. The smallest absolute Gasteiger partial charge is 0.350 e. The van der Waals surface area contributed by atoms with Crippen molar-refractivity contribution in [3.05, 3.63) is 209 Å². The molecule has 0 spiro atoms. The van der Waals surface area contributed by atoms with Gasteiger partial charge in [0, 0.05) is 6.92 Å². The Morgan fingerprint density at radius 1 is 0.443 bits per heavy atom. The van der Waals surface area contributed by atoms with Crippen molar-refractivity contribution in [3.63, 3.8) is 0 Å². The van der Waals surface area contributed by atoms with Crippen LogP contribution in [0.4, 0.5) is 15.4 Å².